The zero-order valence-corrected chi connectivity index (χ0v) is 6.65. The van der Waals surface area contributed by atoms with E-state index in [0.29, 0.717) is 12.8 Å². The van der Waals surface area contributed by atoms with E-state index in [1.807, 2.05) is 0 Å². The lowest BCUT2D eigenvalue weighted by molar-refractivity contribution is 0.150. The van der Waals surface area contributed by atoms with Crippen LogP contribution in [0.15, 0.2) is 12.1 Å². The van der Waals surface area contributed by atoms with E-state index in [4.69, 9.17) is 0 Å². The third kappa shape index (κ3) is 1.31. The van der Waals surface area contributed by atoms with Crippen LogP contribution in [0.4, 0.5) is 13.2 Å². The summed E-state index contributed by atoms with van der Waals surface area (Å²) in [5.41, 5.74) is -1.01. The van der Waals surface area contributed by atoms with E-state index in [1.54, 1.807) is 0 Å². The first-order chi connectivity index (χ1) is 6.03. The molecular formula is C9H7F3O. The van der Waals surface area contributed by atoms with Gasteiger partial charge < -0.3 is 5.11 Å². The van der Waals surface area contributed by atoms with Gasteiger partial charge in [-0.05, 0) is 30.5 Å². The summed E-state index contributed by atoms with van der Waals surface area (Å²) in [7, 11) is 0. The van der Waals surface area contributed by atoms with Crippen LogP contribution < -0.4 is 0 Å². The van der Waals surface area contributed by atoms with Gasteiger partial charge in [-0.15, -0.1) is 0 Å². The van der Waals surface area contributed by atoms with Crippen molar-refractivity contribution >= 4 is 0 Å². The Morgan fingerprint density at radius 3 is 1.92 bits per heavy atom. The molecule has 1 aliphatic rings. The first-order valence-electron chi connectivity index (χ1n) is 3.90. The topological polar surface area (TPSA) is 20.2 Å². The van der Waals surface area contributed by atoms with E-state index in [0.717, 1.165) is 12.1 Å². The number of aliphatic hydroxyl groups is 1. The molecule has 0 radical (unpaired) electrons. The standard InChI is InChI=1S/C9H7F3O/c10-6-3-5(9(13)1-2-9)4-7(11)8(6)12/h3-4,13H,1-2H2. The van der Waals surface area contributed by atoms with Crippen LogP contribution >= 0.6 is 0 Å². The Hall–Kier alpha value is -1.03. The highest BCUT2D eigenvalue weighted by atomic mass is 19.2. The first kappa shape index (κ1) is 8.56. The highest BCUT2D eigenvalue weighted by Gasteiger charge is 2.43. The minimum Gasteiger partial charge on any atom is -0.385 e. The Morgan fingerprint density at radius 1 is 1.08 bits per heavy atom. The molecule has 1 N–H and O–H groups in total. The molecule has 1 saturated carbocycles. The molecule has 0 atom stereocenters. The largest absolute Gasteiger partial charge is 0.385 e. The van der Waals surface area contributed by atoms with Crippen molar-refractivity contribution in [3.05, 3.63) is 35.1 Å². The predicted octanol–water partition coefficient (Wildman–Crippen LogP) is 2.09. The van der Waals surface area contributed by atoms with Crippen molar-refractivity contribution < 1.29 is 18.3 Å². The highest BCUT2D eigenvalue weighted by molar-refractivity contribution is 5.29. The van der Waals surface area contributed by atoms with E-state index in [1.165, 1.54) is 0 Å². The molecule has 0 saturated heterocycles. The second kappa shape index (κ2) is 2.48. The Kier molecular flexibility index (Phi) is 1.63. The highest BCUT2D eigenvalue weighted by Crippen LogP contribution is 2.45. The van der Waals surface area contributed by atoms with E-state index in [9.17, 15) is 18.3 Å². The van der Waals surface area contributed by atoms with Crippen LogP contribution in [0.1, 0.15) is 18.4 Å². The predicted molar refractivity (Wildman–Crippen MR) is 39.4 cm³/mol. The Morgan fingerprint density at radius 2 is 1.54 bits per heavy atom. The molecule has 0 spiro atoms. The molecule has 13 heavy (non-hydrogen) atoms. The zero-order valence-electron chi connectivity index (χ0n) is 6.65. The molecule has 1 aliphatic carbocycles. The minimum absolute atomic E-state index is 0.115. The quantitative estimate of drug-likeness (QED) is 0.669. The van der Waals surface area contributed by atoms with Gasteiger partial charge in [-0.2, -0.15) is 0 Å². The van der Waals surface area contributed by atoms with Crippen molar-refractivity contribution in [2.24, 2.45) is 0 Å². The third-order valence-corrected chi connectivity index (χ3v) is 2.24. The van der Waals surface area contributed by atoms with Crippen LogP contribution in [-0.2, 0) is 5.60 Å². The molecule has 0 aromatic heterocycles. The molecule has 0 heterocycles. The van der Waals surface area contributed by atoms with Gasteiger partial charge in [-0.25, -0.2) is 13.2 Å². The summed E-state index contributed by atoms with van der Waals surface area (Å²) in [6, 6.07) is 1.68. The number of benzene rings is 1. The maximum atomic E-state index is 12.7. The number of halogens is 3. The van der Waals surface area contributed by atoms with Gasteiger partial charge >= 0.3 is 0 Å². The monoisotopic (exact) mass is 188 g/mol. The zero-order chi connectivity index (χ0) is 9.64. The SMILES string of the molecule is OC1(c2cc(F)c(F)c(F)c2)CC1. The van der Waals surface area contributed by atoms with Crippen LogP contribution in [0, 0.1) is 17.5 Å². The Bertz CT molecular complexity index is 335. The van der Waals surface area contributed by atoms with Crippen LogP contribution in [0.2, 0.25) is 0 Å². The fourth-order valence-corrected chi connectivity index (χ4v) is 1.23. The summed E-state index contributed by atoms with van der Waals surface area (Å²) >= 11 is 0. The molecule has 0 unspecified atom stereocenters. The smallest absolute Gasteiger partial charge is 0.194 e. The number of hydrogen-bond acceptors (Lipinski definition) is 1. The third-order valence-electron chi connectivity index (χ3n) is 2.24. The second-order valence-electron chi connectivity index (χ2n) is 3.29. The first-order valence-corrected chi connectivity index (χ1v) is 3.90. The lowest BCUT2D eigenvalue weighted by Gasteiger charge is -2.08. The summed E-state index contributed by atoms with van der Waals surface area (Å²) in [6.45, 7) is 0. The van der Waals surface area contributed by atoms with Crippen molar-refractivity contribution in [2.45, 2.75) is 18.4 Å². The van der Waals surface area contributed by atoms with Gasteiger partial charge in [0.1, 0.15) is 0 Å². The molecule has 1 nitrogen and oxygen atoms in total. The van der Waals surface area contributed by atoms with Gasteiger partial charge in [0.25, 0.3) is 0 Å². The summed E-state index contributed by atoms with van der Waals surface area (Å²) in [5, 5.41) is 9.48. The van der Waals surface area contributed by atoms with Gasteiger partial charge in [-0.3, -0.25) is 0 Å². The molecule has 0 amide bonds. The molecule has 70 valence electrons. The molecule has 0 aliphatic heterocycles. The average Bonchev–Trinajstić information content (AvgIpc) is 2.80. The normalized spacial score (nSPS) is 18.8. The van der Waals surface area contributed by atoms with Crippen LogP contribution in [0.25, 0.3) is 0 Å². The summed E-state index contributed by atoms with van der Waals surface area (Å²) < 4.78 is 37.8. The van der Waals surface area contributed by atoms with Crippen LogP contribution in [0.5, 0.6) is 0 Å². The van der Waals surface area contributed by atoms with Crippen molar-refractivity contribution in [3.63, 3.8) is 0 Å². The van der Waals surface area contributed by atoms with Gasteiger partial charge in [0.2, 0.25) is 0 Å². The van der Waals surface area contributed by atoms with Gasteiger partial charge in [0, 0.05) is 0 Å². The molecule has 1 fully saturated rings. The van der Waals surface area contributed by atoms with Crippen molar-refractivity contribution in [2.75, 3.05) is 0 Å². The van der Waals surface area contributed by atoms with E-state index in [-0.39, 0.29) is 5.56 Å². The summed E-state index contributed by atoms with van der Waals surface area (Å²) in [5.74, 6) is -4.00. The second-order valence-corrected chi connectivity index (χ2v) is 3.29. The lowest BCUT2D eigenvalue weighted by Crippen LogP contribution is -2.06. The van der Waals surface area contributed by atoms with Gasteiger partial charge in [0.15, 0.2) is 17.5 Å². The van der Waals surface area contributed by atoms with Crippen molar-refractivity contribution in [1.82, 2.24) is 0 Å². The maximum Gasteiger partial charge on any atom is 0.194 e. The van der Waals surface area contributed by atoms with Crippen molar-refractivity contribution in [3.8, 4) is 0 Å². The molecule has 4 heteroatoms. The molecule has 1 aromatic carbocycles. The Balaban J connectivity index is 2.50. The molecule has 1 aromatic rings. The summed E-state index contributed by atoms with van der Waals surface area (Å²) in [4.78, 5) is 0. The molecular weight excluding hydrogens is 181 g/mol. The summed E-state index contributed by atoms with van der Waals surface area (Å²) in [6.07, 6.45) is 0.940. The van der Waals surface area contributed by atoms with E-state index >= 15 is 0 Å². The van der Waals surface area contributed by atoms with Gasteiger partial charge in [0.05, 0.1) is 5.60 Å². The molecule has 0 bridgehead atoms. The minimum atomic E-state index is -1.49. The van der Waals surface area contributed by atoms with Crippen molar-refractivity contribution in [1.29, 1.82) is 0 Å². The fraction of sp³-hybridized carbons (Fsp3) is 0.333. The number of rotatable bonds is 1. The maximum absolute atomic E-state index is 12.7. The Labute approximate surface area is 72.8 Å². The lowest BCUT2D eigenvalue weighted by atomic mass is 10.1. The molecule has 2 rings (SSSR count). The average molecular weight is 188 g/mol. The fourth-order valence-electron chi connectivity index (χ4n) is 1.23. The van der Waals surface area contributed by atoms with Crippen LogP contribution in [0.3, 0.4) is 0 Å². The van der Waals surface area contributed by atoms with E-state index < -0.39 is 23.1 Å². The van der Waals surface area contributed by atoms with Gasteiger partial charge in [-0.1, -0.05) is 0 Å². The van der Waals surface area contributed by atoms with E-state index in [2.05, 4.69) is 0 Å². The van der Waals surface area contributed by atoms with Crippen LogP contribution in [-0.4, -0.2) is 5.11 Å². The number of hydrogen-bond donors (Lipinski definition) is 1.